The number of nitrogens with two attached hydrogens (primary N) is 1. The van der Waals surface area contributed by atoms with Gasteiger partial charge < -0.3 is 5.73 Å². The second-order valence-electron chi connectivity index (χ2n) is 3.87. The molecule has 0 aliphatic rings. The van der Waals surface area contributed by atoms with Crippen molar-refractivity contribution in [3.05, 3.63) is 46.3 Å². The molecule has 0 saturated carbocycles. The molecule has 0 fully saturated rings. The lowest BCUT2D eigenvalue weighted by atomic mass is 10.3. The molecule has 0 amide bonds. The second-order valence-corrected chi connectivity index (χ2v) is 4.69. The van der Waals surface area contributed by atoms with Crippen LogP contribution < -0.4 is 5.73 Å². The SMILES string of the molecule is Nc1nc2cccnc2n1-c1cc(Cl)c(F)c(Cl)c1. The quantitative estimate of drug-likeness (QED) is 0.700. The average Bonchev–Trinajstić information content (AvgIpc) is 2.71. The van der Waals surface area contributed by atoms with Crippen LogP contribution in [-0.2, 0) is 0 Å². The number of hydrogen-bond donors (Lipinski definition) is 1. The topological polar surface area (TPSA) is 56.7 Å². The number of rotatable bonds is 1. The normalized spacial score (nSPS) is 11.1. The van der Waals surface area contributed by atoms with Crippen molar-refractivity contribution in [1.29, 1.82) is 0 Å². The zero-order valence-electron chi connectivity index (χ0n) is 9.44. The number of nitrogens with zero attached hydrogens (tertiary/aromatic N) is 3. The molecule has 0 bridgehead atoms. The molecule has 1 aromatic carbocycles. The summed E-state index contributed by atoms with van der Waals surface area (Å²) < 4.78 is 15.0. The minimum absolute atomic E-state index is 0.0836. The van der Waals surface area contributed by atoms with Crippen molar-refractivity contribution in [3.63, 3.8) is 0 Å². The van der Waals surface area contributed by atoms with Crippen LogP contribution in [0.5, 0.6) is 0 Å². The number of fused-ring (bicyclic) bond motifs is 1. The molecule has 2 aromatic heterocycles. The maximum absolute atomic E-state index is 13.4. The van der Waals surface area contributed by atoms with E-state index in [0.717, 1.165) is 0 Å². The maximum atomic E-state index is 13.4. The van der Waals surface area contributed by atoms with Crippen LogP contribution in [0, 0.1) is 5.82 Å². The fraction of sp³-hybridized carbons (Fsp3) is 0. The van der Waals surface area contributed by atoms with E-state index in [4.69, 9.17) is 28.9 Å². The van der Waals surface area contributed by atoms with Crippen molar-refractivity contribution >= 4 is 40.3 Å². The number of nitrogen functional groups attached to an aromatic ring is 1. The maximum Gasteiger partial charge on any atom is 0.207 e. The number of anilines is 1. The van der Waals surface area contributed by atoms with E-state index in [9.17, 15) is 4.39 Å². The van der Waals surface area contributed by atoms with E-state index >= 15 is 0 Å². The number of pyridine rings is 1. The van der Waals surface area contributed by atoms with Crippen LogP contribution in [0.4, 0.5) is 10.3 Å². The van der Waals surface area contributed by atoms with Crippen LogP contribution in [0.15, 0.2) is 30.5 Å². The second kappa shape index (κ2) is 4.36. The van der Waals surface area contributed by atoms with Gasteiger partial charge in [-0.2, -0.15) is 0 Å². The highest BCUT2D eigenvalue weighted by Gasteiger charge is 2.14. The molecule has 0 aliphatic carbocycles. The molecule has 0 spiro atoms. The van der Waals surface area contributed by atoms with Gasteiger partial charge in [-0.25, -0.2) is 14.4 Å². The molecule has 0 unspecified atom stereocenters. The Balaban J connectivity index is 2.33. The van der Waals surface area contributed by atoms with Gasteiger partial charge in [0.1, 0.15) is 5.52 Å². The van der Waals surface area contributed by atoms with Crippen molar-refractivity contribution in [3.8, 4) is 5.69 Å². The average molecular weight is 297 g/mol. The predicted octanol–water partition coefficient (Wildman–Crippen LogP) is 3.45. The summed E-state index contributed by atoms with van der Waals surface area (Å²) in [5.41, 5.74) is 7.55. The highest BCUT2D eigenvalue weighted by molar-refractivity contribution is 6.35. The molecule has 96 valence electrons. The van der Waals surface area contributed by atoms with Crippen LogP contribution in [0.1, 0.15) is 0 Å². The first-order valence-corrected chi connectivity index (χ1v) is 6.07. The lowest BCUT2D eigenvalue weighted by Gasteiger charge is -2.07. The monoisotopic (exact) mass is 296 g/mol. The van der Waals surface area contributed by atoms with E-state index in [1.54, 1.807) is 22.9 Å². The Hall–Kier alpha value is -1.85. The third-order valence-corrected chi connectivity index (χ3v) is 3.22. The Kier molecular flexibility index (Phi) is 2.80. The summed E-state index contributed by atoms with van der Waals surface area (Å²) in [4.78, 5) is 8.37. The van der Waals surface area contributed by atoms with Gasteiger partial charge in [-0.3, -0.25) is 4.57 Å². The number of hydrogen-bond acceptors (Lipinski definition) is 3. The predicted molar refractivity (Wildman–Crippen MR) is 73.3 cm³/mol. The van der Waals surface area contributed by atoms with Crippen LogP contribution in [0.2, 0.25) is 10.0 Å². The summed E-state index contributed by atoms with van der Waals surface area (Å²) in [6, 6.07) is 6.38. The Morgan fingerprint density at radius 1 is 1.21 bits per heavy atom. The highest BCUT2D eigenvalue weighted by atomic mass is 35.5. The standard InChI is InChI=1S/C12H7Cl2FN4/c13-7-4-6(5-8(14)10(7)15)19-11-9(18-12(19)16)2-1-3-17-11/h1-5H,(H2,16,18). The van der Waals surface area contributed by atoms with Crippen molar-refractivity contribution in [1.82, 2.24) is 14.5 Å². The number of aromatic nitrogens is 3. The Morgan fingerprint density at radius 2 is 1.89 bits per heavy atom. The lowest BCUT2D eigenvalue weighted by Crippen LogP contribution is -2.02. The lowest BCUT2D eigenvalue weighted by molar-refractivity contribution is 0.628. The summed E-state index contributed by atoms with van der Waals surface area (Å²) in [5.74, 6) is -0.435. The van der Waals surface area contributed by atoms with Gasteiger partial charge in [0.2, 0.25) is 5.95 Å². The zero-order valence-corrected chi connectivity index (χ0v) is 11.0. The molecule has 7 heteroatoms. The third kappa shape index (κ3) is 1.91. The summed E-state index contributed by atoms with van der Waals surface area (Å²) in [7, 11) is 0. The molecular formula is C12H7Cl2FN4. The van der Waals surface area contributed by atoms with E-state index in [1.165, 1.54) is 12.1 Å². The molecule has 0 saturated heterocycles. The van der Waals surface area contributed by atoms with Crippen molar-refractivity contribution < 1.29 is 4.39 Å². The number of benzene rings is 1. The molecule has 0 atom stereocenters. The first-order valence-electron chi connectivity index (χ1n) is 5.32. The van der Waals surface area contributed by atoms with Crippen molar-refractivity contribution in [2.75, 3.05) is 5.73 Å². The summed E-state index contributed by atoms with van der Waals surface area (Å²) in [6.07, 6.45) is 1.62. The molecular weight excluding hydrogens is 290 g/mol. The van der Waals surface area contributed by atoms with Gasteiger partial charge >= 0.3 is 0 Å². The molecule has 3 aromatic rings. The summed E-state index contributed by atoms with van der Waals surface area (Å²) >= 11 is 11.6. The fourth-order valence-corrected chi connectivity index (χ4v) is 2.33. The Morgan fingerprint density at radius 3 is 2.58 bits per heavy atom. The van der Waals surface area contributed by atoms with E-state index < -0.39 is 5.82 Å². The van der Waals surface area contributed by atoms with E-state index in [0.29, 0.717) is 16.9 Å². The van der Waals surface area contributed by atoms with Crippen LogP contribution in [-0.4, -0.2) is 14.5 Å². The van der Waals surface area contributed by atoms with Crippen LogP contribution >= 0.6 is 23.2 Å². The number of halogens is 3. The molecule has 19 heavy (non-hydrogen) atoms. The minimum Gasteiger partial charge on any atom is -0.369 e. The summed E-state index contributed by atoms with van der Waals surface area (Å²) in [5, 5.41) is -0.167. The zero-order chi connectivity index (χ0) is 13.6. The molecule has 4 nitrogen and oxygen atoms in total. The third-order valence-electron chi connectivity index (χ3n) is 2.67. The fourth-order valence-electron chi connectivity index (χ4n) is 1.86. The van der Waals surface area contributed by atoms with E-state index in [-0.39, 0.29) is 16.0 Å². The van der Waals surface area contributed by atoms with Crippen LogP contribution in [0.3, 0.4) is 0 Å². The van der Waals surface area contributed by atoms with Gasteiger partial charge in [-0.15, -0.1) is 0 Å². The molecule has 0 radical (unpaired) electrons. The van der Waals surface area contributed by atoms with Gasteiger partial charge in [0.15, 0.2) is 11.5 Å². The highest BCUT2D eigenvalue weighted by Crippen LogP contribution is 2.29. The molecule has 2 heterocycles. The first-order chi connectivity index (χ1) is 9.08. The first kappa shape index (κ1) is 12.2. The Labute approximate surface area is 117 Å². The van der Waals surface area contributed by atoms with Gasteiger partial charge in [0.05, 0.1) is 15.7 Å². The van der Waals surface area contributed by atoms with Gasteiger partial charge in [-0.05, 0) is 24.3 Å². The Bertz CT molecular complexity index is 761. The van der Waals surface area contributed by atoms with Gasteiger partial charge in [-0.1, -0.05) is 23.2 Å². The largest absolute Gasteiger partial charge is 0.369 e. The van der Waals surface area contributed by atoms with Crippen LogP contribution in [0.25, 0.3) is 16.9 Å². The van der Waals surface area contributed by atoms with E-state index in [1.807, 2.05) is 0 Å². The van der Waals surface area contributed by atoms with E-state index in [2.05, 4.69) is 9.97 Å². The van der Waals surface area contributed by atoms with Gasteiger partial charge in [0, 0.05) is 6.20 Å². The molecule has 3 rings (SSSR count). The summed E-state index contributed by atoms with van der Waals surface area (Å²) in [6.45, 7) is 0. The number of imidazole rings is 1. The smallest absolute Gasteiger partial charge is 0.207 e. The minimum atomic E-state index is -0.664. The molecule has 2 N–H and O–H groups in total. The van der Waals surface area contributed by atoms with Crippen molar-refractivity contribution in [2.24, 2.45) is 0 Å². The van der Waals surface area contributed by atoms with Gasteiger partial charge in [0.25, 0.3) is 0 Å². The molecule has 0 aliphatic heterocycles. The van der Waals surface area contributed by atoms with Crippen molar-refractivity contribution in [2.45, 2.75) is 0 Å².